The molecule has 0 radical (unpaired) electrons. The summed E-state index contributed by atoms with van der Waals surface area (Å²) >= 11 is 9.63. The molecule has 0 atom stereocenters. The Morgan fingerprint density at radius 1 is 1.29 bits per heavy atom. The minimum atomic E-state index is 0.736. The number of halogens is 2. The van der Waals surface area contributed by atoms with E-state index in [1.165, 1.54) is 5.39 Å². The van der Waals surface area contributed by atoms with Gasteiger partial charge in [0.05, 0.1) is 16.7 Å². The summed E-state index contributed by atoms with van der Waals surface area (Å²) in [5.41, 5.74) is 3.27. The Kier molecular flexibility index (Phi) is 2.60. The highest BCUT2D eigenvalue weighted by atomic mass is 79.9. The summed E-state index contributed by atoms with van der Waals surface area (Å²) in [4.78, 5) is 7.82. The van der Waals surface area contributed by atoms with Crippen LogP contribution in [0.25, 0.3) is 21.8 Å². The molecule has 17 heavy (non-hydrogen) atoms. The summed E-state index contributed by atoms with van der Waals surface area (Å²) in [6, 6.07) is 5.91. The van der Waals surface area contributed by atoms with Gasteiger partial charge in [0.15, 0.2) is 0 Å². The van der Waals surface area contributed by atoms with Gasteiger partial charge in [0, 0.05) is 26.5 Å². The van der Waals surface area contributed by atoms with Crippen LogP contribution in [0.3, 0.4) is 0 Å². The smallest absolute Gasteiger partial charge is 0.0684 e. The third kappa shape index (κ3) is 1.65. The van der Waals surface area contributed by atoms with Crippen LogP contribution in [0.1, 0.15) is 12.6 Å². The minimum Gasteiger partial charge on any atom is -0.352 e. The van der Waals surface area contributed by atoms with E-state index in [2.05, 4.69) is 32.8 Å². The van der Waals surface area contributed by atoms with E-state index >= 15 is 0 Å². The van der Waals surface area contributed by atoms with Crippen molar-refractivity contribution in [2.45, 2.75) is 13.3 Å². The lowest BCUT2D eigenvalue weighted by molar-refractivity contribution is 1.05. The molecule has 2 aromatic heterocycles. The van der Waals surface area contributed by atoms with Crippen molar-refractivity contribution < 1.29 is 0 Å². The zero-order chi connectivity index (χ0) is 12.0. The van der Waals surface area contributed by atoms with Crippen LogP contribution in [0, 0.1) is 0 Å². The van der Waals surface area contributed by atoms with E-state index < -0.39 is 0 Å². The van der Waals surface area contributed by atoms with E-state index in [0.717, 1.165) is 38.0 Å². The number of H-pyrrole nitrogens is 1. The van der Waals surface area contributed by atoms with E-state index in [9.17, 15) is 0 Å². The number of fused-ring (bicyclic) bond motifs is 3. The quantitative estimate of drug-likeness (QED) is 0.694. The summed E-state index contributed by atoms with van der Waals surface area (Å²) in [5, 5.41) is 3.05. The molecule has 0 aliphatic rings. The zero-order valence-corrected chi connectivity index (χ0v) is 11.6. The molecule has 0 fully saturated rings. The highest BCUT2D eigenvalue weighted by Crippen LogP contribution is 2.33. The monoisotopic (exact) mass is 308 g/mol. The molecular formula is C13H10BrClN2. The lowest BCUT2D eigenvalue weighted by Gasteiger charge is -1.97. The SMILES string of the molecule is CCc1nccc2c1[nH]c1c(Br)cc(Cl)cc12. The van der Waals surface area contributed by atoms with Crippen LogP contribution in [-0.4, -0.2) is 9.97 Å². The molecule has 4 heteroatoms. The van der Waals surface area contributed by atoms with Crippen LogP contribution in [0.15, 0.2) is 28.9 Å². The number of nitrogens with zero attached hydrogens (tertiary/aromatic N) is 1. The molecule has 2 heterocycles. The molecule has 2 nitrogen and oxygen atoms in total. The van der Waals surface area contributed by atoms with E-state index in [1.54, 1.807) is 0 Å². The second-order valence-electron chi connectivity index (χ2n) is 3.97. The minimum absolute atomic E-state index is 0.736. The average molecular weight is 310 g/mol. The number of rotatable bonds is 1. The molecule has 0 aliphatic carbocycles. The third-order valence-corrected chi connectivity index (χ3v) is 3.80. The van der Waals surface area contributed by atoms with Crippen LogP contribution in [-0.2, 0) is 6.42 Å². The Hall–Kier alpha value is -1.06. The van der Waals surface area contributed by atoms with Crippen molar-refractivity contribution >= 4 is 49.3 Å². The highest BCUT2D eigenvalue weighted by molar-refractivity contribution is 9.10. The molecule has 0 spiro atoms. The molecule has 0 bridgehead atoms. The van der Waals surface area contributed by atoms with E-state index in [0.29, 0.717) is 0 Å². The molecule has 0 aliphatic heterocycles. The highest BCUT2D eigenvalue weighted by Gasteiger charge is 2.10. The number of aromatic nitrogens is 2. The maximum absolute atomic E-state index is 6.10. The second kappa shape index (κ2) is 4.00. The maximum atomic E-state index is 6.10. The van der Waals surface area contributed by atoms with Crippen molar-refractivity contribution in [3.05, 3.63) is 39.6 Å². The Morgan fingerprint density at radius 2 is 2.12 bits per heavy atom. The number of hydrogen-bond donors (Lipinski definition) is 1. The fourth-order valence-electron chi connectivity index (χ4n) is 2.18. The van der Waals surface area contributed by atoms with Crippen molar-refractivity contribution in [1.29, 1.82) is 0 Å². The van der Waals surface area contributed by atoms with Gasteiger partial charge in [-0.1, -0.05) is 18.5 Å². The summed E-state index contributed by atoms with van der Waals surface area (Å²) in [5.74, 6) is 0. The fourth-order valence-corrected chi connectivity index (χ4v) is 3.08. The van der Waals surface area contributed by atoms with Gasteiger partial charge in [-0.3, -0.25) is 4.98 Å². The van der Waals surface area contributed by atoms with E-state index in [4.69, 9.17) is 11.6 Å². The van der Waals surface area contributed by atoms with Gasteiger partial charge in [-0.2, -0.15) is 0 Å². The molecule has 0 unspecified atom stereocenters. The van der Waals surface area contributed by atoms with Crippen molar-refractivity contribution in [2.24, 2.45) is 0 Å². The second-order valence-corrected chi connectivity index (χ2v) is 5.26. The van der Waals surface area contributed by atoms with Crippen LogP contribution in [0.5, 0.6) is 0 Å². The van der Waals surface area contributed by atoms with E-state index in [1.807, 2.05) is 24.4 Å². The predicted molar refractivity (Wildman–Crippen MR) is 75.7 cm³/mol. The zero-order valence-electron chi connectivity index (χ0n) is 9.22. The van der Waals surface area contributed by atoms with Crippen molar-refractivity contribution in [3.8, 4) is 0 Å². The van der Waals surface area contributed by atoms with Gasteiger partial charge in [-0.25, -0.2) is 0 Å². The summed E-state index contributed by atoms with van der Waals surface area (Å²) in [6.45, 7) is 2.11. The molecule has 3 aromatic rings. The summed E-state index contributed by atoms with van der Waals surface area (Å²) in [7, 11) is 0. The van der Waals surface area contributed by atoms with E-state index in [-0.39, 0.29) is 0 Å². The molecular weight excluding hydrogens is 300 g/mol. The van der Waals surface area contributed by atoms with Gasteiger partial charge in [-0.15, -0.1) is 0 Å². The largest absolute Gasteiger partial charge is 0.352 e. The first-order valence-electron chi connectivity index (χ1n) is 5.45. The van der Waals surface area contributed by atoms with Crippen molar-refractivity contribution in [3.63, 3.8) is 0 Å². The number of pyridine rings is 1. The van der Waals surface area contributed by atoms with Gasteiger partial charge in [-0.05, 0) is 40.5 Å². The first-order chi connectivity index (χ1) is 8.20. The van der Waals surface area contributed by atoms with Crippen LogP contribution in [0.2, 0.25) is 5.02 Å². The number of benzene rings is 1. The Bertz CT molecular complexity index is 718. The van der Waals surface area contributed by atoms with Gasteiger partial charge in [0.25, 0.3) is 0 Å². The molecule has 0 saturated carbocycles. The molecule has 1 aromatic carbocycles. The lowest BCUT2D eigenvalue weighted by atomic mass is 10.1. The molecule has 3 rings (SSSR count). The Balaban J connectivity index is 2.54. The lowest BCUT2D eigenvalue weighted by Crippen LogP contribution is -1.86. The van der Waals surface area contributed by atoms with Crippen LogP contribution < -0.4 is 0 Å². The summed E-state index contributed by atoms with van der Waals surface area (Å²) in [6.07, 6.45) is 2.76. The molecule has 0 amide bonds. The van der Waals surface area contributed by atoms with Crippen LogP contribution in [0.4, 0.5) is 0 Å². The first-order valence-corrected chi connectivity index (χ1v) is 6.62. The van der Waals surface area contributed by atoms with Gasteiger partial charge < -0.3 is 4.98 Å². The Labute approximate surface area is 112 Å². The molecule has 0 saturated heterocycles. The third-order valence-electron chi connectivity index (χ3n) is 2.96. The summed E-state index contributed by atoms with van der Waals surface area (Å²) < 4.78 is 0.984. The number of aryl methyl sites for hydroxylation is 1. The van der Waals surface area contributed by atoms with Gasteiger partial charge >= 0.3 is 0 Å². The molecule has 1 N–H and O–H groups in total. The topological polar surface area (TPSA) is 28.7 Å². The van der Waals surface area contributed by atoms with Crippen LogP contribution >= 0.6 is 27.5 Å². The van der Waals surface area contributed by atoms with Crippen molar-refractivity contribution in [2.75, 3.05) is 0 Å². The number of aromatic amines is 1. The average Bonchev–Trinajstić information content (AvgIpc) is 2.68. The number of hydrogen-bond acceptors (Lipinski definition) is 1. The first kappa shape index (κ1) is 11.1. The maximum Gasteiger partial charge on any atom is 0.0684 e. The number of nitrogens with one attached hydrogen (secondary N) is 1. The van der Waals surface area contributed by atoms with Gasteiger partial charge in [0.2, 0.25) is 0 Å². The molecule has 86 valence electrons. The fraction of sp³-hybridized carbons (Fsp3) is 0.154. The standard InChI is InChI=1S/C13H10BrClN2/c1-2-11-13-8(3-4-16-11)9-5-7(15)6-10(14)12(9)17-13/h3-6,17H,2H2,1H3. The predicted octanol–water partition coefficient (Wildman–Crippen LogP) is 4.69. The van der Waals surface area contributed by atoms with Gasteiger partial charge in [0.1, 0.15) is 0 Å². The normalized spacial score (nSPS) is 11.5. The Morgan fingerprint density at radius 3 is 2.88 bits per heavy atom. The van der Waals surface area contributed by atoms with Crippen molar-refractivity contribution in [1.82, 2.24) is 9.97 Å².